The molecule has 9 aromatic carbocycles. The summed E-state index contributed by atoms with van der Waals surface area (Å²) in [5, 5.41) is 12.1. The predicted octanol–water partition coefficient (Wildman–Crippen LogP) is 13.5. The SMILES string of the molecule is c1ccc(-n2c3ccccc3c3cc(-c4c5ccccc5c(-c5cccc6oc7cc8ccccc8cc7c56)c5ccccc45)ccc32)cc1. The number of para-hydroxylation sites is 2. The molecule has 0 saturated carbocycles. The summed E-state index contributed by atoms with van der Waals surface area (Å²) < 4.78 is 8.93. The molecule has 0 atom stereocenters. The summed E-state index contributed by atoms with van der Waals surface area (Å²) in [6, 6.07) is 63.8. The zero-order chi connectivity index (χ0) is 32.8. The van der Waals surface area contributed by atoms with Gasteiger partial charge in [-0.1, -0.05) is 127 Å². The fourth-order valence-electron chi connectivity index (χ4n) is 8.43. The highest BCUT2D eigenvalue weighted by molar-refractivity contribution is 6.26. The molecule has 2 aromatic heterocycles. The second kappa shape index (κ2) is 10.4. The van der Waals surface area contributed by atoms with E-state index in [1.807, 2.05) is 0 Å². The molecule has 0 unspecified atom stereocenters. The molecule has 0 radical (unpaired) electrons. The first-order valence-electron chi connectivity index (χ1n) is 17.2. The average Bonchev–Trinajstić information content (AvgIpc) is 3.71. The molecule has 0 bridgehead atoms. The zero-order valence-electron chi connectivity index (χ0n) is 27.1. The van der Waals surface area contributed by atoms with E-state index in [-0.39, 0.29) is 0 Å². The molecule has 0 saturated heterocycles. The van der Waals surface area contributed by atoms with Crippen molar-refractivity contribution >= 4 is 76.1 Å². The van der Waals surface area contributed by atoms with Gasteiger partial charge in [-0.25, -0.2) is 0 Å². The largest absolute Gasteiger partial charge is 0.456 e. The molecule has 2 heterocycles. The van der Waals surface area contributed by atoms with Crippen molar-refractivity contribution in [2.24, 2.45) is 0 Å². The number of benzene rings is 9. The van der Waals surface area contributed by atoms with Crippen molar-refractivity contribution in [2.75, 3.05) is 0 Å². The Labute approximate surface area is 288 Å². The number of hydrogen-bond donors (Lipinski definition) is 0. The van der Waals surface area contributed by atoms with E-state index in [4.69, 9.17) is 4.42 Å². The van der Waals surface area contributed by atoms with E-state index in [0.717, 1.165) is 21.9 Å². The van der Waals surface area contributed by atoms with Crippen LogP contribution in [-0.4, -0.2) is 4.57 Å². The van der Waals surface area contributed by atoms with Crippen LogP contribution in [0.1, 0.15) is 0 Å². The smallest absolute Gasteiger partial charge is 0.136 e. The van der Waals surface area contributed by atoms with Gasteiger partial charge in [0.2, 0.25) is 0 Å². The van der Waals surface area contributed by atoms with Gasteiger partial charge in [-0.15, -0.1) is 0 Å². The van der Waals surface area contributed by atoms with Crippen molar-refractivity contribution in [3.05, 3.63) is 176 Å². The molecule has 0 fully saturated rings. The van der Waals surface area contributed by atoms with E-state index >= 15 is 0 Å². The van der Waals surface area contributed by atoms with Crippen molar-refractivity contribution < 1.29 is 4.42 Å². The first kappa shape index (κ1) is 27.3. The lowest BCUT2D eigenvalue weighted by atomic mass is 9.84. The minimum atomic E-state index is 0.908. The van der Waals surface area contributed by atoms with Crippen LogP contribution in [-0.2, 0) is 0 Å². The summed E-state index contributed by atoms with van der Waals surface area (Å²) in [7, 11) is 0. The Hall–Kier alpha value is -6.64. The van der Waals surface area contributed by atoms with Crippen LogP contribution in [0.2, 0.25) is 0 Å². The van der Waals surface area contributed by atoms with Crippen LogP contribution in [0.4, 0.5) is 0 Å². The van der Waals surface area contributed by atoms with Crippen molar-refractivity contribution in [1.29, 1.82) is 0 Å². The van der Waals surface area contributed by atoms with E-state index in [2.05, 4.69) is 180 Å². The van der Waals surface area contributed by atoms with E-state index < -0.39 is 0 Å². The molecule has 0 spiro atoms. The molecule has 0 aliphatic carbocycles. The summed E-state index contributed by atoms with van der Waals surface area (Å²) in [5.41, 5.74) is 10.3. The Balaban J connectivity index is 1.23. The molecule has 11 rings (SSSR count). The van der Waals surface area contributed by atoms with E-state index in [1.165, 1.54) is 82.1 Å². The number of fused-ring (bicyclic) bond motifs is 9. The Morgan fingerprint density at radius 1 is 0.360 bits per heavy atom. The van der Waals surface area contributed by atoms with Gasteiger partial charge >= 0.3 is 0 Å². The topological polar surface area (TPSA) is 18.1 Å². The van der Waals surface area contributed by atoms with Gasteiger partial charge in [-0.2, -0.15) is 0 Å². The second-order valence-corrected chi connectivity index (χ2v) is 13.2. The van der Waals surface area contributed by atoms with Gasteiger partial charge in [0.05, 0.1) is 11.0 Å². The van der Waals surface area contributed by atoms with Crippen molar-refractivity contribution in [2.45, 2.75) is 0 Å². The Morgan fingerprint density at radius 2 is 0.960 bits per heavy atom. The van der Waals surface area contributed by atoms with E-state index in [9.17, 15) is 0 Å². The Bertz CT molecular complexity index is 3090. The molecule has 2 heteroatoms. The minimum absolute atomic E-state index is 0.908. The lowest BCUT2D eigenvalue weighted by molar-refractivity contribution is 0.669. The molecule has 232 valence electrons. The summed E-state index contributed by atoms with van der Waals surface area (Å²) in [6.45, 7) is 0. The van der Waals surface area contributed by atoms with Gasteiger partial charge in [0.15, 0.2) is 0 Å². The van der Waals surface area contributed by atoms with Crippen LogP contribution in [0.15, 0.2) is 180 Å². The number of furan rings is 1. The van der Waals surface area contributed by atoms with Crippen LogP contribution in [0, 0.1) is 0 Å². The first-order valence-corrected chi connectivity index (χ1v) is 17.2. The van der Waals surface area contributed by atoms with Crippen LogP contribution in [0.25, 0.3) is 104 Å². The average molecular weight is 636 g/mol. The number of aromatic nitrogens is 1. The summed E-state index contributed by atoms with van der Waals surface area (Å²) in [5.74, 6) is 0. The maximum Gasteiger partial charge on any atom is 0.136 e. The zero-order valence-corrected chi connectivity index (χ0v) is 27.1. The molecule has 0 amide bonds. The summed E-state index contributed by atoms with van der Waals surface area (Å²) in [4.78, 5) is 0. The molecule has 0 N–H and O–H groups in total. The third-order valence-corrected chi connectivity index (χ3v) is 10.5. The minimum Gasteiger partial charge on any atom is -0.456 e. The normalized spacial score (nSPS) is 12.0. The van der Waals surface area contributed by atoms with Crippen molar-refractivity contribution in [3.63, 3.8) is 0 Å². The predicted molar refractivity (Wildman–Crippen MR) is 211 cm³/mol. The number of nitrogens with zero attached hydrogens (tertiary/aromatic N) is 1. The van der Waals surface area contributed by atoms with Crippen LogP contribution in [0.3, 0.4) is 0 Å². The van der Waals surface area contributed by atoms with Gasteiger partial charge in [-0.05, 0) is 103 Å². The van der Waals surface area contributed by atoms with Gasteiger partial charge in [-0.3, -0.25) is 0 Å². The number of rotatable bonds is 3. The van der Waals surface area contributed by atoms with E-state index in [1.54, 1.807) is 0 Å². The fraction of sp³-hybridized carbons (Fsp3) is 0. The molecule has 0 aliphatic heterocycles. The first-order chi connectivity index (χ1) is 24.8. The van der Waals surface area contributed by atoms with Crippen LogP contribution in [0.5, 0.6) is 0 Å². The highest BCUT2D eigenvalue weighted by atomic mass is 16.3. The van der Waals surface area contributed by atoms with Gasteiger partial charge < -0.3 is 8.98 Å². The van der Waals surface area contributed by atoms with E-state index in [0.29, 0.717) is 0 Å². The molecular weight excluding hydrogens is 607 g/mol. The highest BCUT2D eigenvalue weighted by Gasteiger charge is 2.21. The summed E-state index contributed by atoms with van der Waals surface area (Å²) in [6.07, 6.45) is 0. The fourth-order valence-corrected chi connectivity index (χ4v) is 8.43. The van der Waals surface area contributed by atoms with Gasteiger partial charge in [0.25, 0.3) is 0 Å². The standard InChI is InChI=1S/C48H29NO/c1-2-15-33(16-3-1)49-42-23-11-10-17-34(42)40-28-32(25-26-43(40)49)46-35-18-6-8-20-37(35)47(38-21-9-7-19-36(38)46)39-22-12-24-44-48(39)41-27-30-13-4-5-14-31(30)29-45(41)50-44/h1-29H. The lowest BCUT2D eigenvalue weighted by Crippen LogP contribution is -1.93. The quantitative estimate of drug-likeness (QED) is 0.177. The van der Waals surface area contributed by atoms with Crippen LogP contribution < -0.4 is 0 Å². The molecule has 50 heavy (non-hydrogen) atoms. The van der Waals surface area contributed by atoms with Crippen LogP contribution >= 0.6 is 0 Å². The molecule has 11 aromatic rings. The van der Waals surface area contributed by atoms with Crippen molar-refractivity contribution in [3.8, 4) is 27.9 Å². The van der Waals surface area contributed by atoms with Crippen molar-refractivity contribution in [1.82, 2.24) is 4.57 Å². The number of hydrogen-bond acceptors (Lipinski definition) is 1. The maximum absolute atomic E-state index is 6.55. The van der Waals surface area contributed by atoms with Gasteiger partial charge in [0.1, 0.15) is 11.2 Å². The third-order valence-electron chi connectivity index (χ3n) is 10.5. The molecule has 2 nitrogen and oxygen atoms in total. The Morgan fingerprint density at radius 3 is 1.70 bits per heavy atom. The highest BCUT2D eigenvalue weighted by Crippen LogP contribution is 2.48. The Kier molecular flexibility index (Phi) is 5.70. The molecule has 0 aliphatic rings. The summed E-state index contributed by atoms with van der Waals surface area (Å²) >= 11 is 0. The van der Waals surface area contributed by atoms with Gasteiger partial charge in [0, 0.05) is 27.2 Å². The maximum atomic E-state index is 6.55. The second-order valence-electron chi connectivity index (χ2n) is 13.2. The molecular formula is C48H29NO. The monoisotopic (exact) mass is 635 g/mol. The lowest BCUT2D eigenvalue weighted by Gasteiger charge is -2.18. The third kappa shape index (κ3) is 3.85.